The predicted octanol–water partition coefficient (Wildman–Crippen LogP) is 2.19. The Hall–Kier alpha value is -1.39. The summed E-state index contributed by atoms with van der Waals surface area (Å²) in [6.45, 7) is 1.84. The molecule has 0 saturated carbocycles. The second-order valence-corrected chi connectivity index (χ2v) is 3.13. The third-order valence-corrected chi connectivity index (χ3v) is 2.14. The average Bonchev–Trinajstić information content (AvgIpc) is 2.47. The Kier molecular flexibility index (Phi) is 5.14. The molecule has 0 saturated heterocycles. The molecular weight excluding hydrogens is 247 g/mol. The fourth-order valence-corrected chi connectivity index (χ4v) is 1.32. The fraction of sp³-hybridized carbons (Fsp3) is 0.100. The number of para-hydroxylation sites is 1. The number of nitrogen functional groups attached to an aromatic ring is 2. The molecule has 1 aromatic carbocycles. The summed E-state index contributed by atoms with van der Waals surface area (Å²) < 4.78 is 1.64. The standard InChI is InChI=1S/C10H12N4.2ClH/c1-7-9(11)10(12)14(13-7)8-5-3-2-4-6-8;;/h2-6H,11-12H2,1H3;2*1H. The fourth-order valence-electron chi connectivity index (χ4n) is 1.32. The lowest BCUT2D eigenvalue weighted by molar-refractivity contribution is 0.872. The lowest BCUT2D eigenvalue weighted by Crippen LogP contribution is -2.02. The lowest BCUT2D eigenvalue weighted by Gasteiger charge is -2.02. The Morgan fingerprint density at radius 1 is 1.06 bits per heavy atom. The smallest absolute Gasteiger partial charge is 0.150 e. The van der Waals surface area contributed by atoms with Crippen molar-refractivity contribution in [1.29, 1.82) is 0 Å². The van der Waals surface area contributed by atoms with E-state index in [1.165, 1.54) is 0 Å². The van der Waals surface area contributed by atoms with Crippen LogP contribution in [0.15, 0.2) is 30.3 Å². The Morgan fingerprint density at radius 2 is 1.62 bits per heavy atom. The quantitative estimate of drug-likeness (QED) is 0.826. The van der Waals surface area contributed by atoms with Crippen LogP contribution >= 0.6 is 24.8 Å². The summed E-state index contributed by atoms with van der Waals surface area (Å²) in [5.41, 5.74) is 13.8. The van der Waals surface area contributed by atoms with Crippen molar-refractivity contribution in [1.82, 2.24) is 9.78 Å². The minimum absolute atomic E-state index is 0. The van der Waals surface area contributed by atoms with Crippen LogP contribution in [0.4, 0.5) is 11.5 Å². The van der Waals surface area contributed by atoms with Crippen LogP contribution in [-0.4, -0.2) is 9.78 Å². The maximum absolute atomic E-state index is 5.81. The van der Waals surface area contributed by atoms with Gasteiger partial charge in [0.05, 0.1) is 17.1 Å². The van der Waals surface area contributed by atoms with Gasteiger partial charge in [-0.15, -0.1) is 24.8 Å². The topological polar surface area (TPSA) is 69.9 Å². The SMILES string of the molecule is Cc1nn(-c2ccccc2)c(N)c1N.Cl.Cl. The molecule has 0 amide bonds. The first-order chi connectivity index (χ1) is 6.70. The molecular formula is C10H14Cl2N4. The zero-order chi connectivity index (χ0) is 10.1. The number of rotatable bonds is 1. The van der Waals surface area contributed by atoms with E-state index in [-0.39, 0.29) is 24.8 Å². The molecule has 6 heteroatoms. The summed E-state index contributed by atoms with van der Waals surface area (Å²) in [6.07, 6.45) is 0. The number of hydrogen-bond donors (Lipinski definition) is 2. The minimum Gasteiger partial charge on any atom is -0.394 e. The van der Waals surface area contributed by atoms with Gasteiger partial charge in [-0.2, -0.15) is 5.10 Å². The molecule has 0 bridgehead atoms. The lowest BCUT2D eigenvalue weighted by atomic mass is 10.3. The van der Waals surface area contributed by atoms with Gasteiger partial charge in [0.25, 0.3) is 0 Å². The highest BCUT2D eigenvalue weighted by molar-refractivity contribution is 5.85. The molecule has 4 N–H and O–H groups in total. The van der Waals surface area contributed by atoms with E-state index in [9.17, 15) is 0 Å². The largest absolute Gasteiger partial charge is 0.394 e. The van der Waals surface area contributed by atoms with E-state index >= 15 is 0 Å². The predicted molar refractivity (Wildman–Crippen MR) is 71.6 cm³/mol. The van der Waals surface area contributed by atoms with Crippen molar-refractivity contribution in [3.05, 3.63) is 36.0 Å². The maximum atomic E-state index is 5.81. The molecule has 2 rings (SSSR count). The second-order valence-electron chi connectivity index (χ2n) is 3.13. The molecule has 1 aromatic heterocycles. The Bertz CT molecular complexity index is 453. The van der Waals surface area contributed by atoms with Crippen LogP contribution in [0, 0.1) is 6.92 Å². The highest BCUT2D eigenvalue weighted by atomic mass is 35.5. The number of hydrogen-bond acceptors (Lipinski definition) is 3. The summed E-state index contributed by atoms with van der Waals surface area (Å²) in [5.74, 6) is 0.494. The molecule has 0 fully saturated rings. The number of nitrogens with zero attached hydrogens (tertiary/aromatic N) is 2. The zero-order valence-corrected chi connectivity index (χ0v) is 10.4. The molecule has 0 atom stereocenters. The van der Waals surface area contributed by atoms with Gasteiger partial charge in [-0.3, -0.25) is 0 Å². The number of aryl methyl sites for hydroxylation is 1. The summed E-state index contributed by atoms with van der Waals surface area (Å²) in [5, 5.41) is 4.25. The molecule has 2 aromatic rings. The van der Waals surface area contributed by atoms with Gasteiger partial charge in [0.2, 0.25) is 0 Å². The molecule has 0 unspecified atom stereocenters. The van der Waals surface area contributed by atoms with Gasteiger partial charge >= 0.3 is 0 Å². The van der Waals surface area contributed by atoms with Gasteiger partial charge in [0, 0.05) is 0 Å². The Labute approximate surface area is 106 Å². The van der Waals surface area contributed by atoms with Gasteiger partial charge in [-0.05, 0) is 19.1 Å². The van der Waals surface area contributed by atoms with E-state index in [1.807, 2.05) is 37.3 Å². The van der Waals surface area contributed by atoms with Crippen LogP contribution in [0.3, 0.4) is 0 Å². The molecule has 4 nitrogen and oxygen atoms in total. The minimum atomic E-state index is 0. The van der Waals surface area contributed by atoms with E-state index in [1.54, 1.807) is 4.68 Å². The third kappa shape index (κ3) is 2.40. The molecule has 0 spiro atoms. The van der Waals surface area contributed by atoms with Crippen LogP contribution in [0.5, 0.6) is 0 Å². The van der Waals surface area contributed by atoms with Gasteiger partial charge in [0.15, 0.2) is 5.82 Å². The number of nitrogens with two attached hydrogens (primary N) is 2. The van der Waals surface area contributed by atoms with E-state index in [0.717, 1.165) is 11.4 Å². The van der Waals surface area contributed by atoms with Gasteiger partial charge in [-0.25, -0.2) is 4.68 Å². The van der Waals surface area contributed by atoms with Crippen molar-refractivity contribution >= 4 is 36.3 Å². The molecule has 1 heterocycles. The molecule has 0 aliphatic carbocycles. The second kappa shape index (κ2) is 5.63. The van der Waals surface area contributed by atoms with Crippen molar-refractivity contribution in [2.24, 2.45) is 0 Å². The van der Waals surface area contributed by atoms with Crippen molar-refractivity contribution in [2.45, 2.75) is 6.92 Å². The first-order valence-corrected chi connectivity index (χ1v) is 4.36. The van der Waals surface area contributed by atoms with Crippen LogP contribution in [0.1, 0.15) is 5.69 Å². The van der Waals surface area contributed by atoms with Crippen molar-refractivity contribution < 1.29 is 0 Å². The van der Waals surface area contributed by atoms with Crippen LogP contribution in [0.25, 0.3) is 5.69 Å². The van der Waals surface area contributed by atoms with Gasteiger partial charge in [0.1, 0.15) is 0 Å². The van der Waals surface area contributed by atoms with Gasteiger partial charge < -0.3 is 11.5 Å². The summed E-state index contributed by atoms with van der Waals surface area (Å²) in [4.78, 5) is 0. The maximum Gasteiger partial charge on any atom is 0.150 e. The summed E-state index contributed by atoms with van der Waals surface area (Å²) in [7, 11) is 0. The Balaban J connectivity index is 0.00000112. The number of benzene rings is 1. The molecule has 16 heavy (non-hydrogen) atoms. The molecule has 0 radical (unpaired) electrons. The summed E-state index contributed by atoms with van der Waals surface area (Å²) >= 11 is 0. The first-order valence-electron chi connectivity index (χ1n) is 4.36. The normalized spacial score (nSPS) is 9.06. The molecule has 0 aliphatic heterocycles. The van der Waals surface area contributed by atoms with Crippen molar-refractivity contribution in [2.75, 3.05) is 11.5 Å². The number of aromatic nitrogens is 2. The number of halogens is 2. The summed E-state index contributed by atoms with van der Waals surface area (Å²) in [6, 6.07) is 9.67. The van der Waals surface area contributed by atoms with E-state index in [4.69, 9.17) is 11.5 Å². The zero-order valence-electron chi connectivity index (χ0n) is 8.75. The number of anilines is 2. The van der Waals surface area contributed by atoms with E-state index < -0.39 is 0 Å². The van der Waals surface area contributed by atoms with Crippen LogP contribution < -0.4 is 11.5 Å². The average molecular weight is 261 g/mol. The van der Waals surface area contributed by atoms with E-state index in [0.29, 0.717) is 11.5 Å². The molecule has 0 aliphatic rings. The van der Waals surface area contributed by atoms with Crippen molar-refractivity contribution in [3.8, 4) is 5.69 Å². The van der Waals surface area contributed by atoms with Gasteiger partial charge in [-0.1, -0.05) is 18.2 Å². The third-order valence-electron chi connectivity index (χ3n) is 2.14. The molecule has 88 valence electrons. The Morgan fingerprint density at radius 3 is 2.06 bits per heavy atom. The highest BCUT2D eigenvalue weighted by Gasteiger charge is 2.09. The first kappa shape index (κ1) is 14.6. The monoisotopic (exact) mass is 260 g/mol. The van der Waals surface area contributed by atoms with Crippen LogP contribution in [-0.2, 0) is 0 Å². The highest BCUT2D eigenvalue weighted by Crippen LogP contribution is 2.21. The van der Waals surface area contributed by atoms with Crippen molar-refractivity contribution in [3.63, 3.8) is 0 Å². The van der Waals surface area contributed by atoms with Crippen LogP contribution in [0.2, 0.25) is 0 Å². The van der Waals surface area contributed by atoms with E-state index in [2.05, 4.69) is 5.10 Å².